The first kappa shape index (κ1) is 11.8. The van der Waals surface area contributed by atoms with Gasteiger partial charge in [-0.15, -0.1) is 11.6 Å². The molecule has 1 unspecified atom stereocenters. The van der Waals surface area contributed by atoms with Gasteiger partial charge < -0.3 is 9.64 Å². The quantitative estimate of drug-likeness (QED) is 0.656. The third kappa shape index (κ3) is 3.46. The van der Waals surface area contributed by atoms with E-state index >= 15 is 0 Å². The van der Waals surface area contributed by atoms with Crippen molar-refractivity contribution in [2.75, 3.05) is 32.2 Å². The van der Waals surface area contributed by atoms with Crippen molar-refractivity contribution in [2.45, 2.75) is 19.8 Å². The van der Waals surface area contributed by atoms with Gasteiger partial charge in [0.15, 0.2) is 0 Å². The lowest BCUT2D eigenvalue weighted by Crippen LogP contribution is -2.35. The summed E-state index contributed by atoms with van der Waals surface area (Å²) in [7, 11) is 0. The minimum atomic E-state index is 0.161. The molecule has 3 nitrogen and oxygen atoms in total. The molecule has 0 bridgehead atoms. The molecule has 0 N–H and O–H groups in total. The average molecular weight is 220 g/mol. The van der Waals surface area contributed by atoms with Crippen LogP contribution in [0, 0.1) is 5.92 Å². The summed E-state index contributed by atoms with van der Waals surface area (Å²) < 4.78 is 5.28. The second kappa shape index (κ2) is 6.25. The molecule has 1 amide bonds. The van der Waals surface area contributed by atoms with Gasteiger partial charge in [-0.2, -0.15) is 0 Å². The SMILES string of the molecule is CCN(CC1CCOC1)C(=O)CCCl. The number of hydrogen-bond acceptors (Lipinski definition) is 2. The number of alkyl halides is 1. The summed E-state index contributed by atoms with van der Waals surface area (Å²) in [6, 6.07) is 0. The second-order valence-electron chi connectivity index (χ2n) is 3.60. The number of hydrogen-bond donors (Lipinski definition) is 0. The van der Waals surface area contributed by atoms with Crippen LogP contribution in [0.4, 0.5) is 0 Å². The van der Waals surface area contributed by atoms with Gasteiger partial charge in [-0.1, -0.05) is 0 Å². The molecule has 0 radical (unpaired) electrons. The lowest BCUT2D eigenvalue weighted by Gasteiger charge is -2.23. The number of amides is 1. The highest BCUT2D eigenvalue weighted by Gasteiger charge is 2.20. The van der Waals surface area contributed by atoms with Crippen LogP contribution < -0.4 is 0 Å². The standard InChI is InChI=1S/C10H18ClNO2/c1-2-12(10(13)3-5-11)7-9-4-6-14-8-9/h9H,2-8H2,1H3. The van der Waals surface area contributed by atoms with E-state index < -0.39 is 0 Å². The molecule has 0 aliphatic carbocycles. The Hall–Kier alpha value is -0.280. The van der Waals surface area contributed by atoms with Crippen molar-refractivity contribution >= 4 is 17.5 Å². The van der Waals surface area contributed by atoms with E-state index in [-0.39, 0.29) is 5.91 Å². The van der Waals surface area contributed by atoms with Gasteiger partial charge in [-0.25, -0.2) is 0 Å². The molecule has 0 saturated carbocycles. The maximum Gasteiger partial charge on any atom is 0.223 e. The molecule has 1 rings (SSSR count). The molecule has 1 aliphatic heterocycles. The number of rotatable bonds is 5. The van der Waals surface area contributed by atoms with Crippen molar-refractivity contribution in [1.82, 2.24) is 4.90 Å². The van der Waals surface area contributed by atoms with Crippen LogP contribution in [-0.2, 0) is 9.53 Å². The molecule has 0 aromatic heterocycles. The zero-order chi connectivity index (χ0) is 10.4. The topological polar surface area (TPSA) is 29.5 Å². The van der Waals surface area contributed by atoms with E-state index in [1.165, 1.54) is 0 Å². The lowest BCUT2D eigenvalue weighted by molar-refractivity contribution is -0.131. The van der Waals surface area contributed by atoms with E-state index in [0.717, 1.165) is 32.7 Å². The molecule has 1 saturated heterocycles. The monoisotopic (exact) mass is 219 g/mol. The summed E-state index contributed by atoms with van der Waals surface area (Å²) >= 11 is 5.54. The summed E-state index contributed by atoms with van der Waals surface area (Å²) in [5, 5.41) is 0. The average Bonchev–Trinajstić information content (AvgIpc) is 2.66. The third-order valence-corrected chi connectivity index (χ3v) is 2.73. The highest BCUT2D eigenvalue weighted by Crippen LogP contribution is 2.14. The summed E-state index contributed by atoms with van der Waals surface area (Å²) in [6.45, 7) is 5.23. The first-order valence-electron chi connectivity index (χ1n) is 5.19. The highest BCUT2D eigenvalue weighted by molar-refractivity contribution is 6.18. The van der Waals surface area contributed by atoms with Crippen molar-refractivity contribution < 1.29 is 9.53 Å². The largest absolute Gasteiger partial charge is 0.381 e. The Labute approximate surface area is 90.4 Å². The third-order valence-electron chi connectivity index (χ3n) is 2.55. The van der Waals surface area contributed by atoms with Gasteiger partial charge in [0, 0.05) is 37.9 Å². The van der Waals surface area contributed by atoms with Gasteiger partial charge >= 0.3 is 0 Å². The molecular formula is C10H18ClNO2. The number of halogens is 1. The minimum Gasteiger partial charge on any atom is -0.381 e. The van der Waals surface area contributed by atoms with Crippen molar-refractivity contribution in [3.05, 3.63) is 0 Å². The van der Waals surface area contributed by atoms with E-state index in [9.17, 15) is 4.79 Å². The highest BCUT2D eigenvalue weighted by atomic mass is 35.5. The molecular weight excluding hydrogens is 202 g/mol. The maximum atomic E-state index is 11.6. The maximum absolute atomic E-state index is 11.6. The molecule has 14 heavy (non-hydrogen) atoms. The molecule has 0 aromatic carbocycles. The van der Waals surface area contributed by atoms with Crippen molar-refractivity contribution in [1.29, 1.82) is 0 Å². The molecule has 1 atom stereocenters. The predicted octanol–water partition coefficient (Wildman–Crippen LogP) is 1.50. The first-order valence-corrected chi connectivity index (χ1v) is 5.72. The number of carbonyl (C=O) groups excluding carboxylic acids is 1. The van der Waals surface area contributed by atoms with Gasteiger partial charge in [0.25, 0.3) is 0 Å². The van der Waals surface area contributed by atoms with Crippen LogP contribution in [0.3, 0.4) is 0 Å². The Morgan fingerprint density at radius 3 is 2.93 bits per heavy atom. The van der Waals surface area contributed by atoms with Gasteiger partial charge in [0.05, 0.1) is 6.61 Å². The fourth-order valence-electron chi connectivity index (χ4n) is 1.69. The Bertz CT molecular complexity index is 181. The van der Waals surface area contributed by atoms with Crippen LogP contribution in [0.15, 0.2) is 0 Å². The summed E-state index contributed by atoms with van der Waals surface area (Å²) in [5.74, 6) is 1.10. The summed E-state index contributed by atoms with van der Waals surface area (Å²) in [5.41, 5.74) is 0. The molecule has 82 valence electrons. The van der Waals surface area contributed by atoms with Crippen LogP contribution >= 0.6 is 11.6 Å². The van der Waals surface area contributed by atoms with Crippen LogP contribution in [-0.4, -0.2) is 43.0 Å². The molecule has 0 aromatic rings. The van der Waals surface area contributed by atoms with Crippen LogP contribution in [0.1, 0.15) is 19.8 Å². The molecule has 1 heterocycles. The molecule has 4 heteroatoms. The zero-order valence-electron chi connectivity index (χ0n) is 8.67. The Morgan fingerprint density at radius 2 is 2.43 bits per heavy atom. The molecule has 0 spiro atoms. The Morgan fingerprint density at radius 1 is 1.64 bits per heavy atom. The van der Waals surface area contributed by atoms with Crippen molar-refractivity contribution in [2.24, 2.45) is 5.92 Å². The molecule has 1 fully saturated rings. The number of nitrogens with zero attached hydrogens (tertiary/aromatic N) is 1. The normalized spacial score (nSPS) is 21.1. The Kier molecular flexibility index (Phi) is 5.26. The fraction of sp³-hybridized carbons (Fsp3) is 0.900. The van der Waals surface area contributed by atoms with E-state index in [0.29, 0.717) is 18.2 Å². The fourth-order valence-corrected chi connectivity index (χ4v) is 1.85. The Balaban J connectivity index is 2.33. The van der Waals surface area contributed by atoms with Crippen LogP contribution in [0.5, 0.6) is 0 Å². The van der Waals surface area contributed by atoms with E-state index in [4.69, 9.17) is 16.3 Å². The minimum absolute atomic E-state index is 0.161. The van der Waals surface area contributed by atoms with Gasteiger partial charge in [-0.3, -0.25) is 4.79 Å². The zero-order valence-corrected chi connectivity index (χ0v) is 9.42. The number of ether oxygens (including phenoxy) is 1. The van der Waals surface area contributed by atoms with E-state index in [1.807, 2.05) is 11.8 Å². The predicted molar refractivity (Wildman–Crippen MR) is 56.5 cm³/mol. The van der Waals surface area contributed by atoms with Gasteiger partial charge in [-0.05, 0) is 13.3 Å². The first-order chi connectivity index (χ1) is 6.77. The second-order valence-corrected chi connectivity index (χ2v) is 3.98. The van der Waals surface area contributed by atoms with Crippen molar-refractivity contribution in [3.63, 3.8) is 0 Å². The van der Waals surface area contributed by atoms with E-state index in [2.05, 4.69) is 0 Å². The smallest absolute Gasteiger partial charge is 0.223 e. The van der Waals surface area contributed by atoms with Crippen molar-refractivity contribution in [3.8, 4) is 0 Å². The lowest BCUT2D eigenvalue weighted by atomic mass is 10.1. The van der Waals surface area contributed by atoms with Gasteiger partial charge in [0.1, 0.15) is 0 Å². The van der Waals surface area contributed by atoms with Crippen LogP contribution in [0.2, 0.25) is 0 Å². The molecule has 1 aliphatic rings. The number of carbonyl (C=O) groups is 1. The van der Waals surface area contributed by atoms with E-state index in [1.54, 1.807) is 0 Å². The van der Waals surface area contributed by atoms with Gasteiger partial charge in [0.2, 0.25) is 5.91 Å². The summed E-state index contributed by atoms with van der Waals surface area (Å²) in [6.07, 6.45) is 1.52. The van der Waals surface area contributed by atoms with Crippen LogP contribution in [0.25, 0.3) is 0 Å². The summed E-state index contributed by atoms with van der Waals surface area (Å²) in [4.78, 5) is 13.4.